The average Bonchev–Trinajstić information content (AvgIpc) is 2.60. The summed E-state index contributed by atoms with van der Waals surface area (Å²) in [5.41, 5.74) is 3.41. The fraction of sp³-hybridized carbons (Fsp3) is 0.316. The maximum atomic E-state index is 12.5. The number of anilines is 2. The largest absolute Gasteiger partial charge is 0.312 e. The molecule has 2 aromatic rings. The lowest BCUT2D eigenvalue weighted by Gasteiger charge is -2.29. The minimum absolute atomic E-state index is 0.0916. The molecular formula is C19H22N2O3S. The van der Waals surface area contributed by atoms with Gasteiger partial charge in [0.15, 0.2) is 0 Å². The molecule has 132 valence electrons. The van der Waals surface area contributed by atoms with Crippen LogP contribution in [-0.4, -0.2) is 20.9 Å². The summed E-state index contributed by atoms with van der Waals surface area (Å²) in [6.07, 6.45) is 2.18. The molecule has 0 unspecified atom stereocenters. The van der Waals surface area contributed by atoms with Gasteiger partial charge < -0.3 is 4.90 Å². The first-order chi connectivity index (χ1) is 11.9. The van der Waals surface area contributed by atoms with E-state index in [9.17, 15) is 13.2 Å². The highest BCUT2D eigenvalue weighted by Crippen LogP contribution is 2.31. The Kier molecular flexibility index (Phi) is 4.81. The Labute approximate surface area is 148 Å². The van der Waals surface area contributed by atoms with Gasteiger partial charge in [0.2, 0.25) is 5.91 Å². The first kappa shape index (κ1) is 17.5. The van der Waals surface area contributed by atoms with Crippen LogP contribution in [0.5, 0.6) is 0 Å². The van der Waals surface area contributed by atoms with Crippen molar-refractivity contribution >= 4 is 27.3 Å². The number of hydrogen-bond acceptors (Lipinski definition) is 3. The Morgan fingerprint density at radius 3 is 2.56 bits per heavy atom. The van der Waals surface area contributed by atoms with Gasteiger partial charge in [-0.05, 0) is 55.7 Å². The van der Waals surface area contributed by atoms with Crippen LogP contribution in [0.3, 0.4) is 0 Å². The summed E-state index contributed by atoms with van der Waals surface area (Å²) in [7, 11) is -3.62. The lowest BCUT2D eigenvalue weighted by Crippen LogP contribution is -2.34. The van der Waals surface area contributed by atoms with E-state index in [1.165, 1.54) is 0 Å². The second kappa shape index (κ2) is 6.88. The van der Waals surface area contributed by atoms with Gasteiger partial charge in [0, 0.05) is 24.3 Å². The van der Waals surface area contributed by atoms with E-state index in [0.29, 0.717) is 18.7 Å². The van der Waals surface area contributed by atoms with Crippen molar-refractivity contribution in [1.82, 2.24) is 0 Å². The van der Waals surface area contributed by atoms with Crippen LogP contribution in [0.25, 0.3) is 0 Å². The summed E-state index contributed by atoms with van der Waals surface area (Å²) < 4.78 is 27.7. The number of sulfonamides is 1. The number of fused-ring (bicyclic) bond motifs is 1. The lowest BCUT2D eigenvalue weighted by atomic mass is 10.0. The molecule has 1 amide bonds. The third-order valence-electron chi connectivity index (χ3n) is 4.39. The second-order valence-electron chi connectivity index (χ2n) is 6.26. The fourth-order valence-corrected chi connectivity index (χ4v) is 4.09. The Morgan fingerprint density at radius 2 is 1.88 bits per heavy atom. The van der Waals surface area contributed by atoms with Crippen molar-refractivity contribution in [3.05, 3.63) is 53.6 Å². The average molecular weight is 358 g/mol. The van der Waals surface area contributed by atoms with Gasteiger partial charge in [-0.3, -0.25) is 9.52 Å². The van der Waals surface area contributed by atoms with Crippen LogP contribution < -0.4 is 9.62 Å². The van der Waals surface area contributed by atoms with Crippen LogP contribution in [-0.2, 0) is 21.2 Å². The number of carbonyl (C=O) groups is 1. The van der Waals surface area contributed by atoms with E-state index in [1.54, 1.807) is 35.2 Å². The molecule has 0 radical (unpaired) electrons. The smallest absolute Gasteiger partial charge is 0.261 e. The highest BCUT2D eigenvalue weighted by molar-refractivity contribution is 7.92. The number of hydrogen-bond donors (Lipinski definition) is 1. The van der Waals surface area contributed by atoms with E-state index >= 15 is 0 Å². The Bertz CT molecular complexity index is 889. The van der Waals surface area contributed by atoms with Gasteiger partial charge >= 0.3 is 0 Å². The maximum Gasteiger partial charge on any atom is 0.261 e. The summed E-state index contributed by atoms with van der Waals surface area (Å²) in [6, 6.07) is 12.1. The summed E-state index contributed by atoms with van der Waals surface area (Å²) in [5.74, 6) is 0.0916. The highest BCUT2D eigenvalue weighted by atomic mass is 32.2. The zero-order valence-corrected chi connectivity index (χ0v) is 15.3. The number of carbonyl (C=O) groups excluding carboxylic acids is 1. The topological polar surface area (TPSA) is 66.5 Å². The molecule has 25 heavy (non-hydrogen) atoms. The normalized spacial score (nSPS) is 14.1. The van der Waals surface area contributed by atoms with E-state index in [1.807, 2.05) is 26.0 Å². The first-order valence-corrected chi connectivity index (χ1v) is 9.92. The van der Waals surface area contributed by atoms with Crippen molar-refractivity contribution in [2.45, 2.75) is 38.0 Å². The molecule has 0 spiro atoms. The van der Waals surface area contributed by atoms with Crippen LogP contribution >= 0.6 is 0 Å². The standard InChI is InChI=1S/C19H22N2O3S/c1-3-19(22)21-12-4-5-15-13-16(8-11-18(15)21)20-25(23,24)17-9-6-14(2)7-10-17/h6-11,13,20H,3-5,12H2,1-2H3. The van der Waals surface area contributed by atoms with Crippen LogP contribution in [0.4, 0.5) is 11.4 Å². The van der Waals surface area contributed by atoms with Crippen molar-refractivity contribution < 1.29 is 13.2 Å². The van der Waals surface area contributed by atoms with Crippen LogP contribution in [0.2, 0.25) is 0 Å². The van der Waals surface area contributed by atoms with Crippen molar-refractivity contribution in [2.24, 2.45) is 0 Å². The number of benzene rings is 2. The zero-order valence-electron chi connectivity index (χ0n) is 14.5. The van der Waals surface area contributed by atoms with Crippen molar-refractivity contribution in [3.8, 4) is 0 Å². The number of aryl methyl sites for hydroxylation is 2. The van der Waals surface area contributed by atoms with Gasteiger partial charge in [-0.15, -0.1) is 0 Å². The number of rotatable bonds is 4. The van der Waals surface area contributed by atoms with Crippen molar-refractivity contribution in [1.29, 1.82) is 0 Å². The van der Waals surface area contributed by atoms with Crippen molar-refractivity contribution in [2.75, 3.05) is 16.2 Å². The highest BCUT2D eigenvalue weighted by Gasteiger charge is 2.22. The summed E-state index contributed by atoms with van der Waals surface area (Å²) in [5, 5.41) is 0. The van der Waals surface area contributed by atoms with Gasteiger partial charge in [-0.25, -0.2) is 8.42 Å². The summed E-state index contributed by atoms with van der Waals surface area (Å²) in [6.45, 7) is 4.48. The Morgan fingerprint density at radius 1 is 1.16 bits per heavy atom. The molecule has 1 aliphatic heterocycles. The third-order valence-corrected chi connectivity index (χ3v) is 5.78. The minimum atomic E-state index is -3.62. The quantitative estimate of drug-likeness (QED) is 0.910. The van der Waals surface area contributed by atoms with Gasteiger partial charge in [-0.2, -0.15) is 0 Å². The predicted octanol–water partition coefficient (Wildman–Crippen LogP) is 3.49. The van der Waals surface area contributed by atoms with Gasteiger partial charge in [0.1, 0.15) is 0 Å². The molecule has 0 aliphatic carbocycles. The Balaban J connectivity index is 1.87. The van der Waals surface area contributed by atoms with Gasteiger partial charge in [0.25, 0.3) is 10.0 Å². The first-order valence-electron chi connectivity index (χ1n) is 8.43. The molecule has 0 atom stereocenters. The van der Waals surface area contributed by atoms with Crippen molar-refractivity contribution in [3.63, 3.8) is 0 Å². The van der Waals surface area contributed by atoms with Crippen LogP contribution in [0.15, 0.2) is 47.4 Å². The summed E-state index contributed by atoms with van der Waals surface area (Å²) in [4.78, 5) is 14.1. The molecule has 5 nitrogen and oxygen atoms in total. The third kappa shape index (κ3) is 3.69. The number of nitrogens with zero attached hydrogens (tertiary/aromatic N) is 1. The van der Waals surface area contributed by atoms with E-state index in [4.69, 9.17) is 0 Å². The zero-order chi connectivity index (χ0) is 18.0. The SMILES string of the molecule is CCC(=O)N1CCCc2cc(NS(=O)(=O)c3ccc(C)cc3)ccc21. The molecule has 0 saturated carbocycles. The molecule has 1 heterocycles. The van der Waals surface area contributed by atoms with E-state index in [0.717, 1.165) is 29.7 Å². The molecule has 1 N–H and O–H groups in total. The van der Waals surface area contributed by atoms with Gasteiger partial charge in [-0.1, -0.05) is 24.6 Å². The van der Waals surface area contributed by atoms with Crippen LogP contribution in [0, 0.1) is 6.92 Å². The molecule has 2 aromatic carbocycles. The molecule has 1 aliphatic rings. The molecule has 0 saturated heterocycles. The maximum absolute atomic E-state index is 12.5. The molecular weight excluding hydrogens is 336 g/mol. The number of amides is 1. The molecule has 0 fully saturated rings. The molecule has 6 heteroatoms. The predicted molar refractivity (Wildman–Crippen MR) is 99.4 cm³/mol. The molecule has 0 bridgehead atoms. The second-order valence-corrected chi connectivity index (χ2v) is 7.95. The fourth-order valence-electron chi connectivity index (χ4n) is 3.04. The summed E-state index contributed by atoms with van der Waals surface area (Å²) >= 11 is 0. The molecule has 3 rings (SSSR count). The Hall–Kier alpha value is -2.34. The minimum Gasteiger partial charge on any atom is -0.312 e. The molecule has 0 aromatic heterocycles. The number of nitrogens with one attached hydrogen (secondary N) is 1. The van der Waals surface area contributed by atoms with E-state index in [2.05, 4.69) is 4.72 Å². The van der Waals surface area contributed by atoms with E-state index in [-0.39, 0.29) is 10.8 Å². The van der Waals surface area contributed by atoms with E-state index < -0.39 is 10.0 Å². The van der Waals surface area contributed by atoms with Gasteiger partial charge in [0.05, 0.1) is 4.90 Å². The lowest BCUT2D eigenvalue weighted by molar-refractivity contribution is -0.118. The monoisotopic (exact) mass is 358 g/mol. The van der Waals surface area contributed by atoms with Crippen LogP contribution in [0.1, 0.15) is 30.9 Å².